The second-order valence-corrected chi connectivity index (χ2v) is 10.2. The number of ether oxygens (including phenoxy) is 1. The van der Waals surface area contributed by atoms with Crippen LogP contribution in [-0.4, -0.2) is 27.5 Å². The molecule has 0 aromatic rings. The third kappa shape index (κ3) is 2.36. The van der Waals surface area contributed by atoms with E-state index in [1.54, 1.807) is 0 Å². The first kappa shape index (κ1) is 11.7. The zero-order valence-corrected chi connectivity index (χ0v) is 10.7. The van der Waals surface area contributed by atoms with Gasteiger partial charge in [-0.1, -0.05) is 20.8 Å². The summed E-state index contributed by atoms with van der Waals surface area (Å²) in [4.78, 5) is 10.9. The van der Waals surface area contributed by atoms with Crippen molar-refractivity contribution >= 4 is 14.3 Å². The van der Waals surface area contributed by atoms with Gasteiger partial charge in [0.2, 0.25) is 0 Å². The number of hydrogen-bond donors (Lipinski definition) is 0. The molecule has 0 spiro atoms. The average molecular weight is 216 g/mol. The van der Waals surface area contributed by atoms with Crippen LogP contribution in [0.2, 0.25) is 18.1 Å². The molecule has 3 nitrogen and oxygen atoms in total. The number of rotatable bonds is 3. The monoisotopic (exact) mass is 216 g/mol. The highest BCUT2D eigenvalue weighted by Crippen LogP contribution is 2.37. The zero-order valence-electron chi connectivity index (χ0n) is 9.72. The van der Waals surface area contributed by atoms with Gasteiger partial charge in [-0.25, -0.2) is 0 Å². The molecule has 82 valence electrons. The van der Waals surface area contributed by atoms with Crippen molar-refractivity contribution in [3.8, 4) is 0 Å². The molecule has 1 aliphatic rings. The molecule has 1 atom stereocenters. The van der Waals surface area contributed by atoms with E-state index >= 15 is 0 Å². The van der Waals surface area contributed by atoms with Crippen molar-refractivity contribution in [3.05, 3.63) is 0 Å². The van der Waals surface area contributed by atoms with Crippen LogP contribution in [-0.2, 0) is 14.0 Å². The summed E-state index contributed by atoms with van der Waals surface area (Å²) in [5.74, 6) is -0.118. The van der Waals surface area contributed by atoms with Crippen LogP contribution in [0.4, 0.5) is 0 Å². The molecule has 0 bridgehead atoms. The maximum Gasteiger partial charge on any atom is 0.314 e. The number of hydrogen-bond acceptors (Lipinski definition) is 3. The number of cyclic esters (lactones) is 1. The SMILES string of the molecule is CC(C)(C)[Si](C)(C)OCC1COC1=O. The van der Waals surface area contributed by atoms with Gasteiger partial charge in [0.15, 0.2) is 8.32 Å². The highest BCUT2D eigenvalue weighted by molar-refractivity contribution is 6.74. The van der Waals surface area contributed by atoms with Crippen molar-refractivity contribution in [3.63, 3.8) is 0 Å². The van der Waals surface area contributed by atoms with E-state index in [0.29, 0.717) is 13.2 Å². The minimum atomic E-state index is -1.69. The third-order valence-corrected chi connectivity index (χ3v) is 7.71. The molecule has 0 aliphatic carbocycles. The van der Waals surface area contributed by atoms with Gasteiger partial charge >= 0.3 is 5.97 Å². The van der Waals surface area contributed by atoms with Gasteiger partial charge in [-0.3, -0.25) is 4.79 Å². The van der Waals surface area contributed by atoms with E-state index in [1.807, 2.05) is 0 Å². The molecule has 1 aliphatic heterocycles. The molecule has 0 amide bonds. The van der Waals surface area contributed by atoms with E-state index in [9.17, 15) is 4.79 Å². The van der Waals surface area contributed by atoms with Gasteiger partial charge in [0, 0.05) is 0 Å². The molecular formula is C10H20O3Si. The highest BCUT2D eigenvalue weighted by atomic mass is 28.4. The summed E-state index contributed by atoms with van der Waals surface area (Å²) in [7, 11) is -1.69. The Labute approximate surface area is 86.9 Å². The normalized spacial score (nSPS) is 22.9. The van der Waals surface area contributed by atoms with E-state index in [1.165, 1.54) is 0 Å². The Morgan fingerprint density at radius 2 is 2.07 bits per heavy atom. The fraction of sp³-hybridized carbons (Fsp3) is 0.900. The minimum Gasteiger partial charge on any atom is -0.464 e. The van der Waals surface area contributed by atoms with E-state index in [4.69, 9.17) is 9.16 Å². The van der Waals surface area contributed by atoms with Gasteiger partial charge in [-0.15, -0.1) is 0 Å². The molecule has 1 fully saturated rings. The number of esters is 1. The van der Waals surface area contributed by atoms with E-state index < -0.39 is 8.32 Å². The molecule has 0 saturated carbocycles. The van der Waals surface area contributed by atoms with Crippen molar-refractivity contribution in [2.45, 2.75) is 38.9 Å². The summed E-state index contributed by atoms with van der Waals surface area (Å²) in [6.07, 6.45) is 0. The van der Waals surface area contributed by atoms with Gasteiger partial charge in [-0.2, -0.15) is 0 Å². The molecule has 0 aromatic heterocycles. The molecule has 0 aromatic carbocycles. The van der Waals surface area contributed by atoms with Crippen LogP contribution in [0, 0.1) is 5.92 Å². The van der Waals surface area contributed by atoms with E-state index in [-0.39, 0.29) is 16.9 Å². The van der Waals surface area contributed by atoms with E-state index in [0.717, 1.165) is 0 Å². The van der Waals surface area contributed by atoms with Crippen molar-refractivity contribution in [2.24, 2.45) is 5.92 Å². The lowest BCUT2D eigenvalue weighted by Gasteiger charge is -2.38. The Hall–Kier alpha value is -0.353. The van der Waals surface area contributed by atoms with Gasteiger partial charge in [0.1, 0.15) is 12.5 Å². The largest absolute Gasteiger partial charge is 0.464 e. The van der Waals surface area contributed by atoms with E-state index in [2.05, 4.69) is 33.9 Å². The zero-order chi connectivity index (χ0) is 11.0. The summed E-state index contributed by atoms with van der Waals surface area (Å²) in [5.41, 5.74) is 0. The summed E-state index contributed by atoms with van der Waals surface area (Å²) < 4.78 is 10.6. The number of carbonyl (C=O) groups excluding carboxylic acids is 1. The summed E-state index contributed by atoms with van der Waals surface area (Å²) >= 11 is 0. The maximum absolute atomic E-state index is 10.9. The van der Waals surface area contributed by atoms with Crippen LogP contribution in [0.25, 0.3) is 0 Å². The Bertz CT molecular complexity index is 230. The van der Waals surface area contributed by atoms with Crippen LogP contribution in [0.15, 0.2) is 0 Å². The van der Waals surface area contributed by atoms with Crippen LogP contribution < -0.4 is 0 Å². The standard InChI is InChI=1S/C10H20O3Si/c1-10(2,3)14(4,5)13-7-8-6-12-9(8)11/h8H,6-7H2,1-5H3. The molecule has 0 radical (unpaired) electrons. The summed E-state index contributed by atoms with van der Waals surface area (Å²) in [6.45, 7) is 12.0. The first-order valence-corrected chi connectivity index (χ1v) is 7.95. The molecule has 14 heavy (non-hydrogen) atoms. The van der Waals surface area contributed by atoms with Crippen LogP contribution in [0.3, 0.4) is 0 Å². The molecule has 1 rings (SSSR count). The second kappa shape index (κ2) is 3.66. The number of carbonyl (C=O) groups is 1. The Morgan fingerprint density at radius 1 is 1.50 bits per heavy atom. The molecular weight excluding hydrogens is 196 g/mol. The van der Waals surface area contributed by atoms with Gasteiger partial charge < -0.3 is 9.16 Å². The topological polar surface area (TPSA) is 35.5 Å². The predicted molar refractivity (Wildman–Crippen MR) is 57.6 cm³/mol. The first-order valence-electron chi connectivity index (χ1n) is 5.04. The molecule has 1 unspecified atom stereocenters. The molecule has 0 N–H and O–H groups in total. The van der Waals surface area contributed by atoms with Crippen molar-refractivity contribution in [1.29, 1.82) is 0 Å². The van der Waals surface area contributed by atoms with Crippen LogP contribution in [0.1, 0.15) is 20.8 Å². The molecule has 4 heteroatoms. The molecule has 1 heterocycles. The summed E-state index contributed by atoms with van der Waals surface area (Å²) in [5, 5.41) is 0.209. The fourth-order valence-corrected chi connectivity index (χ4v) is 1.96. The lowest BCUT2D eigenvalue weighted by atomic mass is 10.1. The minimum absolute atomic E-state index is 0.0101. The first-order chi connectivity index (χ1) is 6.24. The Morgan fingerprint density at radius 3 is 2.36 bits per heavy atom. The van der Waals surface area contributed by atoms with Crippen molar-refractivity contribution < 1.29 is 14.0 Å². The van der Waals surface area contributed by atoms with Crippen molar-refractivity contribution in [1.82, 2.24) is 0 Å². The maximum atomic E-state index is 10.9. The highest BCUT2D eigenvalue weighted by Gasteiger charge is 2.40. The van der Waals surface area contributed by atoms with Gasteiger partial charge in [-0.05, 0) is 18.1 Å². The van der Waals surface area contributed by atoms with Crippen LogP contribution in [0.5, 0.6) is 0 Å². The third-order valence-electron chi connectivity index (χ3n) is 3.21. The Kier molecular flexibility index (Phi) is 3.06. The van der Waals surface area contributed by atoms with Crippen LogP contribution >= 0.6 is 0 Å². The fourth-order valence-electron chi connectivity index (χ4n) is 0.911. The van der Waals surface area contributed by atoms with Crippen molar-refractivity contribution in [2.75, 3.05) is 13.2 Å². The Balaban J connectivity index is 2.40. The quantitative estimate of drug-likeness (QED) is 0.536. The summed E-state index contributed by atoms with van der Waals surface area (Å²) in [6, 6.07) is 0. The van der Waals surface area contributed by atoms with Gasteiger partial charge in [0.05, 0.1) is 6.61 Å². The van der Waals surface area contributed by atoms with Gasteiger partial charge in [0.25, 0.3) is 0 Å². The molecule has 1 saturated heterocycles. The average Bonchev–Trinajstić information content (AvgIpc) is 1.99. The predicted octanol–water partition coefficient (Wildman–Crippen LogP) is 2.18. The lowest BCUT2D eigenvalue weighted by Crippen LogP contribution is -2.46. The smallest absolute Gasteiger partial charge is 0.314 e. The second-order valence-electron chi connectivity index (χ2n) is 5.40. The lowest BCUT2D eigenvalue weighted by molar-refractivity contribution is -0.170.